The molecule has 1 N–H and O–H groups in total. The van der Waals surface area contributed by atoms with Gasteiger partial charge in [-0.25, -0.2) is 0 Å². The second-order valence-corrected chi connectivity index (χ2v) is 5.88. The van der Waals surface area contributed by atoms with Gasteiger partial charge in [-0.1, -0.05) is 30.3 Å². The Bertz CT molecular complexity index is 378. The van der Waals surface area contributed by atoms with Gasteiger partial charge in [0.15, 0.2) is 0 Å². The van der Waals surface area contributed by atoms with Gasteiger partial charge < -0.3 is 10.1 Å². The third-order valence-corrected chi connectivity index (χ3v) is 4.09. The maximum Gasteiger partial charge on any atom is 0.0634 e. The molecule has 1 aliphatic heterocycles. The number of piperazine rings is 1. The number of nitrogens with one attached hydrogen (secondary N) is 1. The van der Waals surface area contributed by atoms with Crippen molar-refractivity contribution < 1.29 is 4.74 Å². The topological polar surface area (TPSA) is 24.5 Å². The molecule has 1 heterocycles. The Kier molecular flexibility index (Phi) is 4.97. The van der Waals surface area contributed by atoms with Gasteiger partial charge in [0, 0.05) is 39.3 Å². The number of methoxy groups -OCH3 is 1. The Hall–Kier alpha value is -0.900. The van der Waals surface area contributed by atoms with Crippen LogP contribution in [0.5, 0.6) is 0 Å². The van der Waals surface area contributed by atoms with E-state index in [1.54, 1.807) is 7.11 Å². The van der Waals surface area contributed by atoms with Gasteiger partial charge in [0.25, 0.3) is 0 Å². The third kappa shape index (κ3) is 4.03. The van der Waals surface area contributed by atoms with Crippen LogP contribution in [0.1, 0.15) is 31.9 Å². The molecule has 0 spiro atoms. The zero-order valence-electron chi connectivity index (χ0n) is 12.4. The first-order valence-corrected chi connectivity index (χ1v) is 7.17. The van der Waals surface area contributed by atoms with E-state index in [0.29, 0.717) is 6.04 Å². The van der Waals surface area contributed by atoms with Crippen molar-refractivity contribution in [1.82, 2.24) is 10.2 Å². The summed E-state index contributed by atoms with van der Waals surface area (Å²) in [4.78, 5) is 2.58. The molecule has 3 heteroatoms. The van der Waals surface area contributed by atoms with Crippen LogP contribution in [0, 0.1) is 0 Å². The highest BCUT2D eigenvalue weighted by Gasteiger charge is 2.25. The summed E-state index contributed by atoms with van der Waals surface area (Å²) in [5, 5.41) is 3.50. The van der Waals surface area contributed by atoms with Gasteiger partial charge in [0.05, 0.1) is 5.60 Å². The van der Waals surface area contributed by atoms with Gasteiger partial charge in [-0.05, 0) is 25.8 Å². The molecule has 1 saturated heterocycles. The molecule has 1 aromatic rings. The number of benzene rings is 1. The highest BCUT2D eigenvalue weighted by Crippen LogP contribution is 2.24. The molecule has 0 amide bonds. The molecule has 3 nitrogen and oxygen atoms in total. The lowest BCUT2D eigenvalue weighted by atomic mass is 10.00. The minimum atomic E-state index is -0.0356. The summed E-state index contributed by atoms with van der Waals surface area (Å²) in [6.45, 7) is 8.63. The Labute approximate surface area is 116 Å². The fraction of sp³-hybridized carbons (Fsp3) is 0.625. The molecular formula is C16H26N2O. The summed E-state index contributed by atoms with van der Waals surface area (Å²) < 4.78 is 5.53. The summed E-state index contributed by atoms with van der Waals surface area (Å²) in [6.07, 6.45) is 1.06. The molecule has 106 valence electrons. The number of rotatable bonds is 5. The van der Waals surface area contributed by atoms with Crippen LogP contribution in [0.15, 0.2) is 30.3 Å². The van der Waals surface area contributed by atoms with E-state index in [-0.39, 0.29) is 5.60 Å². The first kappa shape index (κ1) is 14.5. The SMILES string of the molecule is COC(C)(C)CCN1CCNCC1c1ccccc1. The molecule has 1 atom stereocenters. The molecule has 0 aromatic heterocycles. The van der Waals surface area contributed by atoms with E-state index in [0.717, 1.165) is 32.6 Å². The van der Waals surface area contributed by atoms with Crippen molar-refractivity contribution in [3.05, 3.63) is 35.9 Å². The quantitative estimate of drug-likeness (QED) is 0.882. The average Bonchev–Trinajstić information content (AvgIpc) is 2.46. The molecule has 19 heavy (non-hydrogen) atoms. The third-order valence-electron chi connectivity index (χ3n) is 4.09. The van der Waals surface area contributed by atoms with E-state index in [4.69, 9.17) is 4.74 Å². The van der Waals surface area contributed by atoms with E-state index in [1.807, 2.05) is 0 Å². The average molecular weight is 262 g/mol. The van der Waals surface area contributed by atoms with Crippen LogP contribution in [0.4, 0.5) is 0 Å². The summed E-state index contributed by atoms with van der Waals surface area (Å²) >= 11 is 0. The Balaban J connectivity index is 2.01. The summed E-state index contributed by atoms with van der Waals surface area (Å²) in [6, 6.07) is 11.3. The maximum atomic E-state index is 5.53. The first-order chi connectivity index (χ1) is 9.12. The smallest absolute Gasteiger partial charge is 0.0634 e. The molecule has 1 unspecified atom stereocenters. The van der Waals surface area contributed by atoms with Crippen LogP contribution in [0.2, 0.25) is 0 Å². The second kappa shape index (κ2) is 6.51. The molecule has 0 bridgehead atoms. The minimum Gasteiger partial charge on any atom is -0.379 e. The van der Waals surface area contributed by atoms with Crippen molar-refractivity contribution in [1.29, 1.82) is 0 Å². The highest BCUT2D eigenvalue weighted by molar-refractivity contribution is 5.20. The van der Waals surface area contributed by atoms with Gasteiger partial charge >= 0.3 is 0 Å². The van der Waals surface area contributed by atoms with Crippen molar-refractivity contribution in [2.45, 2.75) is 31.9 Å². The molecule has 2 rings (SSSR count). The number of hydrogen-bond acceptors (Lipinski definition) is 3. The summed E-state index contributed by atoms with van der Waals surface area (Å²) in [5.41, 5.74) is 1.37. The molecule has 1 fully saturated rings. The van der Waals surface area contributed by atoms with Crippen molar-refractivity contribution in [2.24, 2.45) is 0 Å². The van der Waals surface area contributed by atoms with Gasteiger partial charge in [-0.3, -0.25) is 4.90 Å². The maximum absolute atomic E-state index is 5.53. The first-order valence-electron chi connectivity index (χ1n) is 7.17. The Morgan fingerprint density at radius 3 is 2.74 bits per heavy atom. The van der Waals surface area contributed by atoms with Crippen LogP contribution in [-0.2, 0) is 4.74 Å². The number of hydrogen-bond donors (Lipinski definition) is 1. The van der Waals surface area contributed by atoms with E-state index in [1.165, 1.54) is 5.56 Å². The van der Waals surface area contributed by atoms with E-state index >= 15 is 0 Å². The van der Waals surface area contributed by atoms with E-state index < -0.39 is 0 Å². The molecule has 0 aliphatic carbocycles. The molecule has 1 aliphatic rings. The van der Waals surface area contributed by atoms with Gasteiger partial charge in [-0.15, -0.1) is 0 Å². The van der Waals surface area contributed by atoms with Crippen molar-refractivity contribution >= 4 is 0 Å². The largest absolute Gasteiger partial charge is 0.379 e. The van der Waals surface area contributed by atoms with E-state index in [2.05, 4.69) is 54.4 Å². The lowest BCUT2D eigenvalue weighted by molar-refractivity contribution is 0.00185. The number of nitrogens with zero attached hydrogens (tertiary/aromatic N) is 1. The lowest BCUT2D eigenvalue weighted by Gasteiger charge is -2.38. The van der Waals surface area contributed by atoms with Crippen molar-refractivity contribution in [3.8, 4) is 0 Å². The molecule has 0 saturated carbocycles. The number of ether oxygens (including phenoxy) is 1. The van der Waals surface area contributed by atoms with Crippen molar-refractivity contribution in [2.75, 3.05) is 33.3 Å². The minimum absolute atomic E-state index is 0.0356. The van der Waals surface area contributed by atoms with Gasteiger partial charge in [0.1, 0.15) is 0 Å². The Morgan fingerprint density at radius 1 is 1.32 bits per heavy atom. The van der Waals surface area contributed by atoms with Crippen LogP contribution < -0.4 is 5.32 Å². The highest BCUT2D eigenvalue weighted by atomic mass is 16.5. The van der Waals surface area contributed by atoms with Crippen LogP contribution in [0.25, 0.3) is 0 Å². The zero-order valence-corrected chi connectivity index (χ0v) is 12.4. The van der Waals surface area contributed by atoms with Crippen molar-refractivity contribution in [3.63, 3.8) is 0 Å². The lowest BCUT2D eigenvalue weighted by Crippen LogP contribution is -2.47. The van der Waals surface area contributed by atoms with Crippen LogP contribution in [-0.4, -0.2) is 43.8 Å². The monoisotopic (exact) mass is 262 g/mol. The van der Waals surface area contributed by atoms with Gasteiger partial charge in [-0.2, -0.15) is 0 Å². The fourth-order valence-electron chi connectivity index (χ4n) is 2.53. The molecule has 0 radical (unpaired) electrons. The second-order valence-electron chi connectivity index (χ2n) is 5.88. The predicted molar refractivity (Wildman–Crippen MR) is 79.3 cm³/mol. The summed E-state index contributed by atoms with van der Waals surface area (Å²) in [5.74, 6) is 0. The van der Waals surface area contributed by atoms with Crippen LogP contribution in [0.3, 0.4) is 0 Å². The van der Waals surface area contributed by atoms with E-state index in [9.17, 15) is 0 Å². The molecular weight excluding hydrogens is 236 g/mol. The molecule has 1 aromatic carbocycles. The Morgan fingerprint density at radius 2 is 2.05 bits per heavy atom. The standard InChI is InChI=1S/C16H26N2O/c1-16(2,19-3)9-11-18-12-10-17-13-15(18)14-7-5-4-6-8-14/h4-8,15,17H,9-13H2,1-3H3. The van der Waals surface area contributed by atoms with Gasteiger partial charge in [0.2, 0.25) is 0 Å². The zero-order chi connectivity index (χ0) is 13.7. The summed E-state index contributed by atoms with van der Waals surface area (Å²) in [7, 11) is 1.80. The van der Waals surface area contributed by atoms with Crippen LogP contribution >= 0.6 is 0 Å². The predicted octanol–water partition coefficient (Wildman–Crippen LogP) is 2.45. The fourth-order valence-corrected chi connectivity index (χ4v) is 2.53. The normalized spacial score (nSPS) is 21.5.